The fourth-order valence-electron chi connectivity index (χ4n) is 2.72. The Labute approximate surface area is 159 Å². The molecule has 8 heteroatoms. The Morgan fingerprint density at radius 3 is 2.85 bits per heavy atom. The molecule has 3 aromatic rings. The normalized spacial score (nSPS) is 12.8. The zero-order valence-corrected chi connectivity index (χ0v) is 15.1. The number of amides is 2. The molecule has 136 valence electrons. The zero-order valence-electron chi connectivity index (χ0n) is 14.3. The maximum Gasteiger partial charge on any atom is 0.264 e. The first-order valence-corrected chi connectivity index (χ1v) is 9.23. The summed E-state index contributed by atoms with van der Waals surface area (Å²) in [5, 5.41) is 14.8. The molecule has 2 heterocycles. The molecular formula is C19H16N4O3S. The van der Waals surface area contributed by atoms with Crippen LogP contribution in [0.4, 0.5) is 10.8 Å². The molecule has 0 fully saturated rings. The molecule has 27 heavy (non-hydrogen) atoms. The number of nitrogens with zero attached hydrogens (tertiary/aromatic N) is 2. The van der Waals surface area contributed by atoms with E-state index < -0.39 is 0 Å². The van der Waals surface area contributed by atoms with Crippen LogP contribution in [0, 0.1) is 0 Å². The van der Waals surface area contributed by atoms with Gasteiger partial charge in [-0.1, -0.05) is 41.7 Å². The minimum atomic E-state index is -0.309. The van der Waals surface area contributed by atoms with E-state index in [-0.39, 0.29) is 18.4 Å². The Hall–Kier alpha value is -3.26. The summed E-state index contributed by atoms with van der Waals surface area (Å²) >= 11 is 1.30. The number of ether oxygens (including phenoxy) is 1. The van der Waals surface area contributed by atoms with Crippen molar-refractivity contribution in [1.82, 2.24) is 10.2 Å². The van der Waals surface area contributed by atoms with Gasteiger partial charge in [-0.25, -0.2) is 0 Å². The third-order valence-electron chi connectivity index (χ3n) is 4.03. The van der Waals surface area contributed by atoms with Gasteiger partial charge in [-0.3, -0.25) is 14.9 Å². The van der Waals surface area contributed by atoms with E-state index in [1.54, 1.807) is 12.1 Å². The molecule has 0 atom stereocenters. The first-order valence-electron chi connectivity index (χ1n) is 8.42. The molecule has 0 unspecified atom stereocenters. The summed E-state index contributed by atoms with van der Waals surface area (Å²) in [7, 11) is 0. The zero-order chi connectivity index (χ0) is 18.6. The van der Waals surface area contributed by atoms with Crippen molar-refractivity contribution in [2.75, 3.05) is 17.2 Å². The van der Waals surface area contributed by atoms with Gasteiger partial charge in [-0.05, 0) is 30.2 Å². The standard InChI is InChI=1S/C19H16N4O3S/c24-16-9-6-13-10-14(7-8-15(13)20-16)26-11-17(25)21-19-23-22-18(27-19)12-4-2-1-3-5-12/h1-5,7-8,10H,6,9,11H2,(H,20,24)(H,21,23,25). The average molecular weight is 380 g/mol. The highest BCUT2D eigenvalue weighted by molar-refractivity contribution is 7.18. The first-order chi connectivity index (χ1) is 13.2. The van der Waals surface area contributed by atoms with E-state index in [9.17, 15) is 9.59 Å². The van der Waals surface area contributed by atoms with Crippen molar-refractivity contribution in [1.29, 1.82) is 0 Å². The number of rotatable bonds is 5. The van der Waals surface area contributed by atoms with Gasteiger partial charge in [0, 0.05) is 17.7 Å². The largest absolute Gasteiger partial charge is 0.484 e. The second-order valence-corrected chi connectivity index (χ2v) is 6.96. The Morgan fingerprint density at radius 2 is 2.00 bits per heavy atom. The SMILES string of the molecule is O=C(COc1ccc2c(c1)CCC(=O)N2)Nc1nnc(-c2ccccc2)s1. The van der Waals surface area contributed by atoms with Gasteiger partial charge in [0.15, 0.2) is 6.61 Å². The summed E-state index contributed by atoms with van der Waals surface area (Å²) in [4.78, 5) is 23.5. The van der Waals surface area contributed by atoms with E-state index >= 15 is 0 Å². The van der Waals surface area contributed by atoms with E-state index in [4.69, 9.17) is 4.74 Å². The smallest absolute Gasteiger partial charge is 0.264 e. The molecule has 2 amide bonds. The molecule has 1 aliphatic rings. The fraction of sp³-hybridized carbons (Fsp3) is 0.158. The van der Waals surface area contributed by atoms with Gasteiger partial charge >= 0.3 is 0 Å². The number of aryl methyl sites for hydroxylation is 1. The van der Waals surface area contributed by atoms with Crippen LogP contribution in [0.2, 0.25) is 0 Å². The van der Waals surface area contributed by atoms with Crippen molar-refractivity contribution in [2.45, 2.75) is 12.8 Å². The predicted octanol–water partition coefficient (Wildman–Crippen LogP) is 3.11. The number of carbonyl (C=O) groups excluding carboxylic acids is 2. The van der Waals surface area contributed by atoms with Crippen LogP contribution in [0.5, 0.6) is 5.75 Å². The molecule has 0 spiro atoms. The second kappa shape index (κ2) is 7.55. The lowest BCUT2D eigenvalue weighted by Crippen LogP contribution is -2.21. The number of fused-ring (bicyclic) bond motifs is 1. The molecule has 1 aliphatic heterocycles. The number of nitrogens with one attached hydrogen (secondary N) is 2. The number of hydrogen-bond acceptors (Lipinski definition) is 6. The van der Waals surface area contributed by atoms with E-state index in [1.807, 2.05) is 36.4 Å². The fourth-order valence-corrected chi connectivity index (χ4v) is 3.49. The molecule has 0 bridgehead atoms. The molecule has 4 rings (SSSR count). The van der Waals surface area contributed by atoms with Crippen molar-refractivity contribution in [3.8, 4) is 16.3 Å². The summed E-state index contributed by atoms with van der Waals surface area (Å²) in [5.74, 6) is 0.293. The highest BCUT2D eigenvalue weighted by Gasteiger charge is 2.15. The molecule has 2 aromatic carbocycles. The van der Waals surface area contributed by atoms with Gasteiger partial charge < -0.3 is 10.1 Å². The third kappa shape index (κ3) is 4.12. The third-order valence-corrected chi connectivity index (χ3v) is 4.92. The molecule has 1 aromatic heterocycles. The number of benzene rings is 2. The summed E-state index contributed by atoms with van der Waals surface area (Å²) < 4.78 is 5.56. The Bertz CT molecular complexity index is 988. The van der Waals surface area contributed by atoms with Crippen molar-refractivity contribution in [3.63, 3.8) is 0 Å². The van der Waals surface area contributed by atoms with Crippen LogP contribution in [0.15, 0.2) is 48.5 Å². The molecule has 7 nitrogen and oxygen atoms in total. The van der Waals surface area contributed by atoms with Gasteiger partial charge in [-0.15, -0.1) is 10.2 Å². The Kier molecular flexibility index (Phi) is 4.80. The van der Waals surface area contributed by atoms with Crippen LogP contribution < -0.4 is 15.4 Å². The van der Waals surface area contributed by atoms with Crippen LogP contribution in [0.3, 0.4) is 0 Å². The lowest BCUT2D eigenvalue weighted by Gasteiger charge is -2.17. The van der Waals surface area contributed by atoms with E-state index in [0.29, 0.717) is 23.7 Å². The molecule has 0 radical (unpaired) electrons. The number of anilines is 2. The van der Waals surface area contributed by atoms with Gasteiger partial charge in [0.25, 0.3) is 5.91 Å². The van der Waals surface area contributed by atoms with Crippen molar-refractivity contribution >= 4 is 34.0 Å². The van der Waals surface area contributed by atoms with Gasteiger partial charge in [-0.2, -0.15) is 0 Å². The second-order valence-electron chi connectivity index (χ2n) is 5.98. The maximum atomic E-state index is 12.1. The monoisotopic (exact) mass is 380 g/mol. The molecule has 0 saturated heterocycles. The van der Waals surface area contributed by atoms with Gasteiger partial charge in [0.05, 0.1) is 0 Å². The lowest BCUT2D eigenvalue weighted by molar-refractivity contribution is -0.118. The maximum absolute atomic E-state index is 12.1. The van der Waals surface area contributed by atoms with Crippen LogP contribution >= 0.6 is 11.3 Å². The van der Waals surface area contributed by atoms with Gasteiger partial charge in [0.1, 0.15) is 10.8 Å². The predicted molar refractivity (Wildman–Crippen MR) is 103 cm³/mol. The first kappa shape index (κ1) is 17.2. The van der Waals surface area contributed by atoms with E-state index in [2.05, 4.69) is 20.8 Å². The van der Waals surface area contributed by atoms with Crippen LogP contribution in [-0.2, 0) is 16.0 Å². The summed E-state index contributed by atoms with van der Waals surface area (Å²) in [6, 6.07) is 15.0. The Morgan fingerprint density at radius 1 is 1.15 bits per heavy atom. The molecule has 0 aliphatic carbocycles. The van der Waals surface area contributed by atoms with Gasteiger partial charge in [0.2, 0.25) is 11.0 Å². The summed E-state index contributed by atoms with van der Waals surface area (Å²) in [6.07, 6.45) is 1.12. The van der Waals surface area contributed by atoms with Crippen LogP contribution in [-0.4, -0.2) is 28.6 Å². The van der Waals surface area contributed by atoms with Crippen LogP contribution in [0.1, 0.15) is 12.0 Å². The molecule has 0 saturated carbocycles. The van der Waals surface area contributed by atoms with E-state index in [0.717, 1.165) is 21.8 Å². The summed E-state index contributed by atoms with van der Waals surface area (Å²) in [5.41, 5.74) is 2.75. The minimum Gasteiger partial charge on any atom is -0.484 e. The highest BCUT2D eigenvalue weighted by atomic mass is 32.1. The van der Waals surface area contributed by atoms with Crippen LogP contribution in [0.25, 0.3) is 10.6 Å². The number of carbonyl (C=O) groups is 2. The summed E-state index contributed by atoms with van der Waals surface area (Å²) in [6.45, 7) is -0.134. The molecule has 2 N–H and O–H groups in total. The quantitative estimate of drug-likeness (QED) is 0.709. The number of hydrogen-bond donors (Lipinski definition) is 2. The van der Waals surface area contributed by atoms with Crippen molar-refractivity contribution in [3.05, 3.63) is 54.1 Å². The minimum absolute atomic E-state index is 0.0162. The van der Waals surface area contributed by atoms with Crippen molar-refractivity contribution in [2.24, 2.45) is 0 Å². The lowest BCUT2D eigenvalue weighted by atomic mass is 10.0. The van der Waals surface area contributed by atoms with E-state index in [1.165, 1.54) is 11.3 Å². The number of aromatic nitrogens is 2. The topological polar surface area (TPSA) is 93.2 Å². The molecular weight excluding hydrogens is 364 g/mol. The Balaban J connectivity index is 1.34. The highest BCUT2D eigenvalue weighted by Crippen LogP contribution is 2.27. The average Bonchev–Trinajstić information content (AvgIpc) is 3.15. The van der Waals surface area contributed by atoms with Crippen molar-refractivity contribution < 1.29 is 14.3 Å².